The quantitative estimate of drug-likeness (QED) is 0.645. The summed E-state index contributed by atoms with van der Waals surface area (Å²) in [4.78, 5) is 14.1. The van der Waals surface area contributed by atoms with Crippen LogP contribution in [0.5, 0.6) is 0 Å². The molecule has 0 aromatic heterocycles. The van der Waals surface area contributed by atoms with Crippen LogP contribution in [0.3, 0.4) is 0 Å². The number of carbonyl (C=O) groups excluding carboxylic acids is 1. The summed E-state index contributed by atoms with van der Waals surface area (Å²) in [5.41, 5.74) is 1.68. The molecule has 5 nitrogen and oxygen atoms in total. The molecule has 0 saturated heterocycles. The van der Waals surface area contributed by atoms with Crippen molar-refractivity contribution in [3.8, 4) is 0 Å². The topological polar surface area (TPSA) is 66.5 Å². The molecule has 1 N–H and O–H groups in total. The molecule has 0 unspecified atom stereocenters. The first-order valence-corrected chi connectivity index (χ1v) is 12.6. The van der Waals surface area contributed by atoms with E-state index in [0.29, 0.717) is 5.69 Å². The molecule has 29 heavy (non-hydrogen) atoms. The van der Waals surface area contributed by atoms with Gasteiger partial charge in [-0.3, -0.25) is 4.79 Å². The summed E-state index contributed by atoms with van der Waals surface area (Å²) in [5, 5.41) is 2.86. The zero-order chi connectivity index (χ0) is 20.9. The van der Waals surface area contributed by atoms with Gasteiger partial charge in [0.2, 0.25) is 15.9 Å². The van der Waals surface area contributed by atoms with Crippen LogP contribution in [0.25, 0.3) is 0 Å². The zero-order valence-electron chi connectivity index (χ0n) is 16.9. The number of thioether (sulfide) groups is 1. The van der Waals surface area contributed by atoms with E-state index in [2.05, 4.69) is 5.32 Å². The van der Waals surface area contributed by atoms with Crippen molar-refractivity contribution >= 4 is 33.4 Å². The zero-order valence-corrected chi connectivity index (χ0v) is 18.6. The van der Waals surface area contributed by atoms with Crippen molar-refractivity contribution in [3.63, 3.8) is 0 Å². The molecule has 0 bridgehead atoms. The van der Waals surface area contributed by atoms with Crippen molar-refractivity contribution in [2.24, 2.45) is 0 Å². The van der Waals surface area contributed by atoms with Crippen LogP contribution in [0.2, 0.25) is 0 Å². The van der Waals surface area contributed by atoms with Crippen LogP contribution in [0.1, 0.15) is 37.7 Å². The molecular weight excluding hydrogens is 404 g/mol. The molecule has 7 heteroatoms. The molecule has 1 saturated carbocycles. The van der Waals surface area contributed by atoms with Gasteiger partial charge < -0.3 is 5.32 Å². The number of sulfonamides is 1. The van der Waals surface area contributed by atoms with Gasteiger partial charge in [0.25, 0.3) is 0 Å². The molecule has 3 rings (SSSR count). The highest BCUT2D eigenvalue weighted by molar-refractivity contribution is 7.98. The van der Waals surface area contributed by atoms with Gasteiger partial charge in [0, 0.05) is 16.6 Å². The second-order valence-electron chi connectivity index (χ2n) is 7.44. The first-order valence-electron chi connectivity index (χ1n) is 9.92. The van der Waals surface area contributed by atoms with Crippen LogP contribution in [0, 0.1) is 6.92 Å². The fourth-order valence-corrected chi connectivity index (χ4v) is 5.77. The maximum Gasteiger partial charge on any atom is 0.243 e. The van der Waals surface area contributed by atoms with Gasteiger partial charge in [-0.1, -0.05) is 43.0 Å². The normalized spacial score (nSPS) is 15.4. The first kappa shape index (κ1) is 21.9. The Morgan fingerprint density at radius 2 is 1.79 bits per heavy atom. The van der Waals surface area contributed by atoms with Gasteiger partial charge in [-0.15, -0.1) is 11.8 Å². The van der Waals surface area contributed by atoms with Gasteiger partial charge in [-0.25, -0.2) is 8.42 Å². The van der Waals surface area contributed by atoms with E-state index in [1.807, 2.05) is 37.4 Å². The molecular formula is C22H28N2O3S2. The molecule has 0 radical (unpaired) electrons. The molecule has 1 aliphatic carbocycles. The minimum atomic E-state index is -3.75. The van der Waals surface area contributed by atoms with Crippen molar-refractivity contribution in [1.82, 2.24) is 4.31 Å². The lowest BCUT2D eigenvalue weighted by atomic mass is 9.95. The number of amides is 1. The van der Waals surface area contributed by atoms with Gasteiger partial charge >= 0.3 is 0 Å². The van der Waals surface area contributed by atoms with E-state index in [-0.39, 0.29) is 23.4 Å². The predicted molar refractivity (Wildman–Crippen MR) is 119 cm³/mol. The minimum absolute atomic E-state index is 0.140. The molecule has 2 aromatic rings. The van der Waals surface area contributed by atoms with E-state index in [1.165, 1.54) is 4.31 Å². The second-order valence-corrected chi connectivity index (χ2v) is 10.2. The molecule has 1 aliphatic rings. The SMILES string of the molecule is CSc1cccc(NC(=O)CN(C2CCCCC2)S(=O)(=O)c2ccc(C)cc2)c1. The van der Waals surface area contributed by atoms with Crippen LogP contribution >= 0.6 is 11.8 Å². The van der Waals surface area contributed by atoms with Gasteiger partial charge in [-0.05, 0) is 56.4 Å². The Balaban J connectivity index is 1.83. The van der Waals surface area contributed by atoms with Crippen molar-refractivity contribution in [1.29, 1.82) is 0 Å². The summed E-state index contributed by atoms with van der Waals surface area (Å²) in [5.74, 6) is -0.315. The fraction of sp³-hybridized carbons (Fsp3) is 0.409. The summed E-state index contributed by atoms with van der Waals surface area (Å²) in [7, 11) is -3.75. The van der Waals surface area contributed by atoms with E-state index < -0.39 is 10.0 Å². The van der Waals surface area contributed by atoms with Gasteiger partial charge in [0.1, 0.15) is 0 Å². The third kappa shape index (κ3) is 5.62. The molecule has 156 valence electrons. The van der Waals surface area contributed by atoms with Crippen LogP contribution in [-0.4, -0.2) is 37.5 Å². The third-order valence-corrected chi connectivity index (χ3v) is 7.90. The molecule has 2 aromatic carbocycles. The maximum atomic E-state index is 13.4. The Kier molecular flexibility index (Phi) is 7.38. The van der Waals surface area contributed by atoms with Crippen LogP contribution in [0.15, 0.2) is 58.3 Å². The number of carbonyl (C=O) groups is 1. The summed E-state index contributed by atoms with van der Waals surface area (Å²) >= 11 is 1.59. The summed E-state index contributed by atoms with van der Waals surface area (Å²) in [6.45, 7) is 1.75. The number of benzene rings is 2. The molecule has 0 atom stereocenters. The van der Waals surface area contributed by atoms with Gasteiger partial charge in [0.15, 0.2) is 0 Å². The highest BCUT2D eigenvalue weighted by Gasteiger charge is 2.33. The standard InChI is InChI=1S/C22H28N2O3S2/c1-17-11-13-21(14-12-17)29(26,27)24(19-8-4-3-5-9-19)16-22(25)23-18-7-6-10-20(15-18)28-2/h6-7,10-15,19H,3-5,8-9,16H2,1-2H3,(H,23,25). The fourth-order valence-electron chi connectivity index (χ4n) is 3.67. The highest BCUT2D eigenvalue weighted by atomic mass is 32.2. The van der Waals surface area contributed by atoms with Crippen LogP contribution in [-0.2, 0) is 14.8 Å². The van der Waals surface area contributed by atoms with E-state index in [4.69, 9.17) is 0 Å². The minimum Gasteiger partial charge on any atom is -0.325 e. The number of nitrogens with one attached hydrogen (secondary N) is 1. The van der Waals surface area contributed by atoms with Gasteiger partial charge in [-0.2, -0.15) is 4.31 Å². The first-order chi connectivity index (χ1) is 13.9. The average Bonchev–Trinajstić information content (AvgIpc) is 2.73. The molecule has 0 spiro atoms. The summed E-state index contributed by atoms with van der Waals surface area (Å²) in [6, 6.07) is 14.2. The highest BCUT2D eigenvalue weighted by Crippen LogP contribution is 2.28. The Bertz CT molecular complexity index is 937. The van der Waals surface area contributed by atoms with Crippen LogP contribution in [0.4, 0.5) is 5.69 Å². The summed E-state index contributed by atoms with van der Waals surface area (Å²) in [6.07, 6.45) is 6.65. The largest absolute Gasteiger partial charge is 0.325 e. The Morgan fingerprint density at radius 1 is 1.10 bits per heavy atom. The average molecular weight is 433 g/mol. The molecule has 1 amide bonds. The lowest BCUT2D eigenvalue weighted by molar-refractivity contribution is -0.116. The summed E-state index contributed by atoms with van der Waals surface area (Å²) < 4.78 is 28.2. The van der Waals surface area contributed by atoms with Crippen molar-refractivity contribution in [2.45, 2.75) is 54.9 Å². The number of nitrogens with zero attached hydrogens (tertiary/aromatic N) is 1. The number of hydrogen-bond donors (Lipinski definition) is 1. The Labute approximate surface area is 177 Å². The van der Waals surface area contributed by atoms with Crippen molar-refractivity contribution in [3.05, 3.63) is 54.1 Å². The lowest BCUT2D eigenvalue weighted by Crippen LogP contribution is -2.45. The molecule has 0 aliphatic heterocycles. The maximum absolute atomic E-state index is 13.4. The van der Waals surface area contributed by atoms with Crippen molar-refractivity contribution in [2.75, 3.05) is 18.1 Å². The Morgan fingerprint density at radius 3 is 2.45 bits per heavy atom. The number of hydrogen-bond acceptors (Lipinski definition) is 4. The van der Waals surface area contributed by atoms with E-state index in [1.54, 1.807) is 36.0 Å². The second kappa shape index (κ2) is 9.78. The third-order valence-electron chi connectivity index (χ3n) is 5.26. The molecule has 0 heterocycles. The predicted octanol–water partition coefficient (Wildman–Crippen LogP) is 4.68. The van der Waals surface area contributed by atoms with E-state index >= 15 is 0 Å². The number of aryl methyl sites for hydroxylation is 1. The van der Waals surface area contributed by atoms with Gasteiger partial charge in [0.05, 0.1) is 11.4 Å². The monoisotopic (exact) mass is 432 g/mol. The molecule has 1 fully saturated rings. The van der Waals surface area contributed by atoms with E-state index in [9.17, 15) is 13.2 Å². The van der Waals surface area contributed by atoms with E-state index in [0.717, 1.165) is 42.6 Å². The van der Waals surface area contributed by atoms with Crippen LogP contribution < -0.4 is 5.32 Å². The number of anilines is 1. The number of rotatable bonds is 7. The smallest absolute Gasteiger partial charge is 0.243 e. The lowest BCUT2D eigenvalue weighted by Gasteiger charge is -2.33. The Hall–Kier alpha value is -1.83. The van der Waals surface area contributed by atoms with Crippen molar-refractivity contribution < 1.29 is 13.2 Å².